The second kappa shape index (κ2) is 8.02. The lowest BCUT2D eigenvalue weighted by Gasteiger charge is -2.29. The zero-order chi connectivity index (χ0) is 22.2. The molecule has 0 bridgehead atoms. The molecule has 9 nitrogen and oxygen atoms in total. The first-order chi connectivity index (χ1) is 14.3. The quantitative estimate of drug-likeness (QED) is 0.732. The van der Waals surface area contributed by atoms with Gasteiger partial charge in [0.25, 0.3) is 5.56 Å². The van der Waals surface area contributed by atoms with Crippen LogP contribution in [0.3, 0.4) is 0 Å². The lowest BCUT2D eigenvalue weighted by molar-refractivity contribution is -0.136. The van der Waals surface area contributed by atoms with E-state index in [0.717, 1.165) is 0 Å². The number of aromatic nitrogens is 1. The molecule has 2 N–H and O–H groups in total. The summed E-state index contributed by atoms with van der Waals surface area (Å²) < 4.78 is 28.4. The monoisotopic (exact) mass is 416 g/mol. The smallest absolute Gasteiger partial charge is 0.340 e. The van der Waals surface area contributed by atoms with Crippen molar-refractivity contribution in [3.63, 3.8) is 0 Å². The van der Waals surface area contributed by atoms with Crippen LogP contribution in [0.4, 0.5) is 0 Å². The van der Waals surface area contributed by atoms with E-state index in [1.807, 2.05) is 0 Å². The summed E-state index contributed by atoms with van der Waals surface area (Å²) in [6.07, 6.45) is 0. The second-order valence-corrected chi connectivity index (χ2v) is 6.68. The molecule has 1 unspecified atom stereocenters. The third-order valence-corrected chi connectivity index (χ3v) is 5.18. The summed E-state index contributed by atoms with van der Waals surface area (Å²) in [5.74, 6) is -0.307. The van der Waals surface area contributed by atoms with Crippen molar-refractivity contribution in [1.82, 2.24) is 4.57 Å². The first kappa shape index (κ1) is 21.1. The van der Waals surface area contributed by atoms with Crippen LogP contribution in [-0.2, 0) is 16.6 Å². The van der Waals surface area contributed by atoms with E-state index in [1.165, 1.54) is 33.0 Å². The van der Waals surface area contributed by atoms with Crippen molar-refractivity contribution in [3.8, 4) is 23.0 Å². The second-order valence-electron chi connectivity index (χ2n) is 6.68. The van der Waals surface area contributed by atoms with E-state index in [4.69, 9.17) is 29.4 Å². The van der Waals surface area contributed by atoms with E-state index >= 15 is 0 Å². The Bertz CT molecular complexity index is 1100. The molecule has 0 fully saturated rings. The van der Waals surface area contributed by atoms with Crippen LogP contribution in [0.15, 0.2) is 34.4 Å². The molecular weight excluding hydrogens is 392 g/mol. The van der Waals surface area contributed by atoms with Crippen molar-refractivity contribution in [2.24, 2.45) is 12.8 Å². The predicted octanol–water partition coefficient (Wildman–Crippen LogP) is 1.59. The summed E-state index contributed by atoms with van der Waals surface area (Å²) in [6.45, 7) is 1.77. The Kier molecular flexibility index (Phi) is 5.64. The van der Waals surface area contributed by atoms with Crippen molar-refractivity contribution in [2.75, 3.05) is 28.4 Å². The SMILES string of the molecule is COC(=O)C1=C(N)Oc2cc(C)n(C)c(=O)c2C1c1cc(OC)c(OC)cc1OC. The number of aryl methyl sites for hydroxylation is 1. The highest BCUT2D eigenvalue weighted by atomic mass is 16.5. The number of ether oxygens (including phenoxy) is 5. The minimum absolute atomic E-state index is 0.00327. The molecule has 0 aliphatic carbocycles. The van der Waals surface area contributed by atoms with Gasteiger partial charge in [0.2, 0.25) is 5.88 Å². The number of hydrogen-bond donors (Lipinski definition) is 1. The van der Waals surface area contributed by atoms with E-state index in [-0.39, 0.29) is 28.3 Å². The van der Waals surface area contributed by atoms with Gasteiger partial charge in [-0.2, -0.15) is 0 Å². The van der Waals surface area contributed by atoms with Gasteiger partial charge >= 0.3 is 5.97 Å². The van der Waals surface area contributed by atoms with E-state index < -0.39 is 11.9 Å². The molecule has 1 aromatic carbocycles. The summed E-state index contributed by atoms with van der Waals surface area (Å²) in [6, 6.07) is 4.96. The number of hydrogen-bond acceptors (Lipinski definition) is 8. The average molecular weight is 416 g/mol. The number of carbonyl (C=O) groups excluding carboxylic acids is 1. The van der Waals surface area contributed by atoms with Crippen LogP contribution in [0.25, 0.3) is 0 Å². The molecule has 1 aliphatic heterocycles. The number of carbonyl (C=O) groups is 1. The molecule has 1 aliphatic rings. The molecule has 3 rings (SSSR count). The lowest BCUT2D eigenvalue weighted by Crippen LogP contribution is -2.34. The maximum atomic E-state index is 13.2. The zero-order valence-electron chi connectivity index (χ0n) is 17.7. The number of pyridine rings is 1. The Morgan fingerprint density at radius 1 is 1.03 bits per heavy atom. The highest BCUT2D eigenvalue weighted by Crippen LogP contribution is 2.47. The van der Waals surface area contributed by atoms with E-state index in [2.05, 4.69) is 0 Å². The minimum atomic E-state index is -0.907. The van der Waals surface area contributed by atoms with E-state index in [0.29, 0.717) is 28.5 Å². The average Bonchev–Trinajstić information content (AvgIpc) is 2.75. The van der Waals surface area contributed by atoms with Gasteiger partial charge in [-0.25, -0.2) is 4.79 Å². The predicted molar refractivity (Wildman–Crippen MR) is 108 cm³/mol. The molecule has 1 aromatic heterocycles. The summed E-state index contributed by atoms with van der Waals surface area (Å²) >= 11 is 0. The van der Waals surface area contributed by atoms with Gasteiger partial charge < -0.3 is 34.0 Å². The number of benzene rings is 1. The van der Waals surface area contributed by atoms with Crippen molar-refractivity contribution in [3.05, 3.63) is 56.8 Å². The fourth-order valence-electron chi connectivity index (χ4n) is 3.54. The fraction of sp³-hybridized carbons (Fsp3) is 0.333. The third-order valence-electron chi connectivity index (χ3n) is 5.18. The molecule has 0 saturated carbocycles. The Morgan fingerprint density at radius 3 is 2.20 bits per heavy atom. The molecule has 9 heteroatoms. The Morgan fingerprint density at radius 2 is 1.63 bits per heavy atom. The van der Waals surface area contributed by atoms with Crippen LogP contribution in [0.5, 0.6) is 23.0 Å². The van der Waals surface area contributed by atoms with Gasteiger partial charge in [0.15, 0.2) is 11.5 Å². The minimum Gasteiger partial charge on any atom is -0.496 e. The van der Waals surface area contributed by atoms with Gasteiger partial charge in [-0.05, 0) is 13.0 Å². The molecule has 1 atom stereocenters. The summed E-state index contributed by atoms with van der Waals surface area (Å²) in [7, 11) is 7.33. The molecule has 0 radical (unpaired) electrons. The van der Waals surface area contributed by atoms with Crippen LogP contribution in [-0.4, -0.2) is 39.0 Å². The molecule has 30 heavy (non-hydrogen) atoms. The van der Waals surface area contributed by atoms with Crippen LogP contribution in [0.2, 0.25) is 0 Å². The normalized spacial score (nSPS) is 15.2. The largest absolute Gasteiger partial charge is 0.496 e. The Labute approximate surface area is 173 Å². The maximum absolute atomic E-state index is 13.2. The maximum Gasteiger partial charge on any atom is 0.340 e. The highest BCUT2D eigenvalue weighted by Gasteiger charge is 2.40. The molecule has 0 saturated heterocycles. The van der Waals surface area contributed by atoms with Crippen LogP contribution in [0.1, 0.15) is 22.7 Å². The van der Waals surface area contributed by atoms with Gasteiger partial charge in [-0.1, -0.05) is 0 Å². The fourth-order valence-corrected chi connectivity index (χ4v) is 3.54. The molecule has 160 valence electrons. The van der Waals surface area contributed by atoms with Crippen molar-refractivity contribution < 1.29 is 28.5 Å². The van der Waals surface area contributed by atoms with E-state index in [9.17, 15) is 9.59 Å². The van der Waals surface area contributed by atoms with Crippen molar-refractivity contribution in [2.45, 2.75) is 12.8 Å². The van der Waals surface area contributed by atoms with Gasteiger partial charge in [0.1, 0.15) is 17.1 Å². The molecular formula is C21H24N2O7. The zero-order valence-corrected chi connectivity index (χ0v) is 17.7. The van der Waals surface area contributed by atoms with Gasteiger partial charge in [-0.15, -0.1) is 0 Å². The van der Waals surface area contributed by atoms with Gasteiger partial charge in [0.05, 0.1) is 39.9 Å². The Hall–Kier alpha value is -3.62. The van der Waals surface area contributed by atoms with Crippen LogP contribution >= 0.6 is 0 Å². The first-order valence-electron chi connectivity index (χ1n) is 9.05. The van der Waals surface area contributed by atoms with Crippen LogP contribution < -0.4 is 30.2 Å². The number of nitrogens with zero attached hydrogens (tertiary/aromatic N) is 1. The topological polar surface area (TPSA) is 111 Å². The number of esters is 1. The molecule has 2 aromatic rings. The number of nitrogens with two attached hydrogens (primary N) is 1. The molecule has 2 heterocycles. The standard InChI is InChI=1S/C21H24N2O7/c1-10-7-15-17(20(24)23(10)2)16(18(19(22)30-15)21(25)29-6)11-8-13(27-4)14(28-5)9-12(11)26-3/h7-9,16H,22H2,1-6H3. The van der Waals surface area contributed by atoms with Gasteiger partial charge in [0, 0.05) is 30.4 Å². The number of rotatable bonds is 5. The molecule has 0 spiro atoms. The lowest BCUT2D eigenvalue weighted by atomic mass is 9.82. The summed E-state index contributed by atoms with van der Waals surface area (Å²) in [5.41, 5.74) is 7.16. The number of fused-ring (bicyclic) bond motifs is 1. The summed E-state index contributed by atoms with van der Waals surface area (Å²) in [5, 5.41) is 0. The highest BCUT2D eigenvalue weighted by molar-refractivity contribution is 5.93. The van der Waals surface area contributed by atoms with Crippen molar-refractivity contribution in [1.29, 1.82) is 0 Å². The summed E-state index contributed by atoms with van der Waals surface area (Å²) in [4.78, 5) is 25.9. The third kappa shape index (κ3) is 3.22. The number of methoxy groups -OCH3 is 4. The Balaban J connectivity index is 2.43. The van der Waals surface area contributed by atoms with Crippen LogP contribution in [0, 0.1) is 6.92 Å². The van der Waals surface area contributed by atoms with Crippen molar-refractivity contribution >= 4 is 5.97 Å². The van der Waals surface area contributed by atoms with E-state index in [1.54, 1.807) is 32.2 Å². The molecule has 0 amide bonds. The van der Waals surface area contributed by atoms with Gasteiger partial charge in [-0.3, -0.25) is 4.79 Å². The first-order valence-corrected chi connectivity index (χ1v) is 9.05.